The molecule has 0 aliphatic carbocycles. The van der Waals surface area contributed by atoms with Gasteiger partial charge in [-0.2, -0.15) is 0 Å². The van der Waals surface area contributed by atoms with Crippen LogP contribution in [0.25, 0.3) is 0 Å². The number of carbonyl (C=O) groups excluding carboxylic acids is 2. The molecule has 0 aromatic heterocycles. The summed E-state index contributed by atoms with van der Waals surface area (Å²) in [6, 6.07) is 0. The van der Waals surface area contributed by atoms with Gasteiger partial charge in [-0.15, -0.1) is 0 Å². The first kappa shape index (κ1) is 19.1. The Hall–Kier alpha value is -1.26. The standard InChI is InChI=1S/C18H26O9/c1-9-5-22-17-11(7-24-15(9)17)26-13(20)3-2-4-14(21)27-12-8-25-16-10(19)6-23-18(12)16/h9-12,15-19H,2-8H2,1H3/t9-,10-,11-,12-,15-,16-,17-,18-/m1/s1. The molecule has 27 heavy (non-hydrogen) atoms. The van der Waals surface area contributed by atoms with Gasteiger partial charge in [0.1, 0.15) is 24.4 Å². The lowest BCUT2D eigenvalue weighted by atomic mass is 10.0. The molecule has 0 amide bonds. The summed E-state index contributed by atoms with van der Waals surface area (Å²) in [6.07, 6.45) is -2.06. The van der Waals surface area contributed by atoms with Gasteiger partial charge in [0, 0.05) is 18.8 Å². The number of esters is 2. The Balaban J connectivity index is 1.14. The molecule has 152 valence electrons. The number of ether oxygens (including phenoxy) is 6. The molecule has 4 heterocycles. The molecule has 9 heteroatoms. The van der Waals surface area contributed by atoms with Crippen LogP contribution in [0.4, 0.5) is 0 Å². The molecule has 0 bridgehead atoms. The minimum atomic E-state index is -0.681. The molecule has 0 aromatic rings. The van der Waals surface area contributed by atoms with E-state index in [4.69, 9.17) is 28.4 Å². The van der Waals surface area contributed by atoms with E-state index in [1.54, 1.807) is 0 Å². The van der Waals surface area contributed by atoms with Crippen molar-refractivity contribution in [2.45, 2.75) is 68.9 Å². The maximum Gasteiger partial charge on any atom is 0.306 e. The first-order chi connectivity index (χ1) is 13.0. The summed E-state index contributed by atoms with van der Waals surface area (Å²) < 4.78 is 32.9. The SMILES string of the molecule is C[C@@H]1CO[C@H]2[C@@H]1OC[C@H]2OC(=O)CCCC(=O)O[C@@H]1CO[C@H]2[C@@H]1OC[C@H]2O. The summed E-state index contributed by atoms with van der Waals surface area (Å²) in [7, 11) is 0. The Morgan fingerprint density at radius 2 is 1.33 bits per heavy atom. The third-order valence-electron chi connectivity index (χ3n) is 5.56. The first-order valence-electron chi connectivity index (χ1n) is 9.56. The molecule has 4 fully saturated rings. The van der Waals surface area contributed by atoms with E-state index in [0.29, 0.717) is 25.6 Å². The van der Waals surface area contributed by atoms with Gasteiger partial charge in [0.05, 0.1) is 32.5 Å². The predicted octanol–water partition coefficient (Wildman–Crippen LogP) is -0.427. The molecule has 0 aromatic carbocycles. The molecule has 0 unspecified atom stereocenters. The van der Waals surface area contributed by atoms with Crippen molar-refractivity contribution in [2.75, 3.05) is 26.4 Å². The zero-order valence-corrected chi connectivity index (χ0v) is 15.3. The molecule has 1 N–H and O–H groups in total. The minimum absolute atomic E-state index is 0.00782. The minimum Gasteiger partial charge on any atom is -0.457 e. The number of carbonyl (C=O) groups is 2. The van der Waals surface area contributed by atoms with Crippen molar-refractivity contribution in [2.24, 2.45) is 5.92 Å². The Kier molecular flexibility index (Phi) is 5.65. The third-order valence-corrected chi connectivity index (χ3v) is 5.56. The topological polar surface area (TPSA) is 110 Å². The lowest BCUT2D eigenvalue weighted by Gasteiger charge is -2.17. The summed E-state index contributed by atoms with van der Waals surface area (Å²) in [5.41, 5.74) is 0. The fraction of sp³-hybridized carbons (Fsp3) is 0.889. The van der Waals surface area contributed by atoms with Crippen LogP contribution in [0.1, 0.15) is 26.2 Å². The Bertz CT molecular complexity index is 519. The van der Waals surface area contributed by atoms with Gasteiger partial charge in [-0.05, 0) is 6.42 Å². The normalized spacial score (nSPS) is 42.7. The van der Waals surface area contributed by atoms with Crippen LogP contribution in [0, 0.1) is 5.92 Å². The van der Waals surface area contributed by atoms with Crippen LogP contribution in [0.15, 0.2) is 0 Å². The number of aliphatic hydroxyl groups is 1. The van der Waals surface area contributed by atoms with Gasteiger partial charge >= 0.3 is 11.9 Å². The van der Waals surface area contributed by atoms with Gasteiger partial charge < -0.3 is 33.5 Å². The second-order valence-electron chi connectivity index (χ2n) is 7.65. The van der Waals surface area contributed by atoms with Crippen molar-refractivity contribution >= 4 is 11.9 Å². The Morgan fingerprint density at radius 3 is 2.00 bits per heavy atom. The second-order valence-corrected chi connectivity index (χ2v) is 7.65. The Morgan fingerprint density at radius 1 is 0.815 bits per heavy atom. The molecular formula is C18H26O9. The average molecular weight is 386 g/mol. The smallest absolute Gasteiger partial charge is 0.306 e. The number of fused-ring (bicyclic) bond motifs is 2. The Labute approximate surface area is 157 Å². The predicted molar refractivity (Wildman–Crippen MR) is 87.7 cm³/mol. The summed E-state index contributed by atoms with van der Waals surface area (Å²) >= 11 is 0. The molecule has 0 saturated carbocycles. The van der Waals surface area contributed by atoms with Crippen molar-refractivity contribution < 1.29 is 43.1 Å². The second kappa shape index (κ2) is 8.00. The molecule has 4 aliphatic heterocycles. The van der Waals surface area contributed by atoms with Gasteiger partial charge in [-0.3, -0.25) is 9.59 Å². The number of hydrogen-bond donors (Lipinski definition) is 1. The van der Waals surface area contributed by atoms with Crippen molar-refractivity contribution in [1.82, 2.24) is 0 Å². The van der Waals surface area contributed by atoms with E-state index < -0.39 is 30.4 Å². The maximum atomic E-state index is 12.0. The van der Waals surface area contributed by atoms with Crippen LogP contribution in [-0.4, -0.2) is 86.2 Å². The zero-order valence-electron chi connectivity index (χ0n) is 15.3. The highest BCUT2D eigenvalue weighted by Gasteiger charge is 2.49. The highest BCUT2D eigenvalue weighted by atomic mass is 16.6. The van der Waals surface area contributed by atoms with Gasteiger partial charge in [-0.1, -0.05) is 6.92 Å². The van der Waals surface area contributed by atoms with Gasteiger partial charge in [-0.25, -0.2) is 0 Å². The first-order valence-corrected chi connectivity index (χ1v) is 9.56. The van der Waals surface area contributed by atoms with Crippen LogP contribution in [0.3, 0.4) is 0 Å². The molecule has 4 saturated heterocycles. The van der Waals surface area contributed by atoms with Crippen LogP contribution in [0.5, 0.6) is 0 Å². The zero-order chi connectivity index (χ0) is 19.0. The fourth-order valence-corrected chi connectivity index (χ4v) is 4.13. The van der Waals surface area contributed by atoms with E-state index in [-0.39, 0.29) is 50.3 Å². The number of rotatable bonds is 6. The lowest BCUT2D eigenvalue weighted by Crippen LogP contribution is -2.34. The highest BCUT2D eigenvalue weighted by molar-refractivity contribution is 5.72. The molecule has 8 atom stereocenters. The van der Waals surface area contributed by atoms with Crippen LogP contribution < -0.4 is 0 Å². The molecule has 0 radical (unpaired) electrons. The van der Waals surface area contributed by atoms with E-state index in [9.17, 15) is 14.7 Å². The van der Waals surface area contributed by atoms with Gasteiger partial charge in [0.15, 0.2) is 12.2 Å². The van der Waals surface area contributed by atoms with Crippen LogP contribution in [-0.2, 0) is 38.0 Å². The summed E-state index contributed by atoms with van der Waals surface area (Å²) in [5.74, 6) is -0.483. The molecule has 4 rings (SSSR count). The lowest BCUT2D eigenvalue weighted by molar-refractivity contribution is -0.155. The monoisotopic (exact) mass is 386 g/mol. The number of hydrogen-bond acceptors (Lipinski definition) is 9. The molecule has 9 nitrogen and oxygen atoms in total. The molecular weight excluding hydrogens is 360 g/mol. The van der Waals surface area contributed by atoms with Crippen molar-refractivity contribution in [3.8, 4) is 0 Å². The van der Waals surface area contributed by atoms with Gasteiger partial charge in [0.2, 0.25) is 0 Å². The van der Waals surface area contributed by atoms with E-state index in [1.165, 1.54) is 0 Å². The molecule has 4 aliphatic rings. The van der Waals surface area contributed by atoms with Crippen molar-refractivity contribution in [3.63, 3.8) is 0 Å². The van der Waals surface area contributed by atoms with E-state index >= 15 is 0 Å². The highest BCUT2D eigenvalue weighted by Crippen LogP contribution is 2.32. The number of aliphatic hydroxyl groups excluding tert-OH is 1. The van der Waals surface area contributed by atoms with E-state index in [1.807, 2.05) is 0 Å². The average Bonchev–Trinajstić information content (AvgIpc) is 3.37. The van der Waals surface area contributed by atoms with E-state index in [0.717, 1.165) is 0 Å². The largest absolute Gasteiger partial charge is 0.457 e. The molecule has 0 spiro atoms. The fourth-order valence-electron chi connectivity index (χ4n) is 4.13. The van der Waals surface area contributed by atoms with Crippen LogP contribution in [0.2, 0.25) is 0 Å². The summed E-state index contributed by atoms with van der Waals surface area (Å²) in [6.45, 7) is 3.41. The van der Waals surface area contributed by atoms with Crippen LogP contribution >= 0.6 is 0 Å². The quantitative estimate of drug-likeness (QED) is 0.608. The third kappa shape index (κ3) is 3.97. The van der Waals surface area contributed by atoms with Crippen molar-refractivity contribution in [3.05, 3.63) is 0 Å². The van der Waals surface area contributed by atoms with Gasteiger partial charge in [0.25, 0.3) is 0 Å². The summed E-state index contributed by atoms with van der Waals surface area (Å²) in [4.78, 5) is 24.0. The van der Waals surface area contributed by atoms with E-state index in [2.05, 4.69) is 6.92 Å². The summed E-state index contributed by atoms with van der Waals surface area (Å²) in [5, 5.41) is 9.68. The van der Waals surface area contributed by atoms with Crippen molar-refractivity contribution in [1.29, 1.82) is 0 Å². The maximum absolute atomic E-state index is 12.0.